The highest BCUT2D eigenvalue weighted by Gasteiger charge is 2.34. The summed E-state index contributed by atoms with van der Waals surface area (Å²) in [6.07, 6.45) is 0.138. The van der Waals surface area contributed by atoms with Crippen LogP contribution in [0, 0.1) is 5.82 Å². The highest BCUT2D eigenvalue weighted by molar-refractivity contribution is 7.91. The predicted molar refractivity (Wildman–Crippen MR) is 104 cm³/mol. The summed E-state index contributed by atoms with van der Waals surface area (Å²) < 4.78 is 39.4. The van der Waals surface area contributed by atoms with Crippen LogP contribution >= 0.6 is 0 Å². The quantitative estimate of drug-likeness (QED) is 0.853. The van der Waals surface area contributed by atoms with E-state index in [0.29, 0.717) is 11.3 Å². The Bertz CT molecular complexity index is 990. The Hall–Kier alpha value is -2.74. The van der Waals surface area contributed by atoms with E-state index in [0.717, 1.165) is 0 Å². The first kappa shape index (κ1) is 20.0. The van der Waals surface area contributed by atoms with Crippen molar-refractivity contribution in [2.24, 2.45) is 0 Å². The van der Waals surface area contributed by atoms with Crippen molar-refractivity contribution in [2.45, 2.75) is 18.6 Å². The van der Waals surface area contributed by atoms with Gasteiger partial charge in [-0.1, -0.05) is 18.2 Å². The summed E-state index contributed by atoms with van der Waals surface area (Å²) >= 11 is 0. The molecule has 6 nitrogen and oxygen atoms in total. The number of carbonyl (C=O) groups is 2. The molecule has 0 radical (unpaired) electrons. The molecule has 1 fully saturated rings. The molecule has 1 unspecified atom stereocenters. The summed E-state index contributed by atoms with van der Waals surface area (Å²) in [6.45, 7) is 1.66. The van der Waals surface area contributed by atoms with E-state index in [-0.39, 0.29) is 42.6 Å². The van der Waals surface area contributed by atoms with E-state index in [1.807, 2.05) is 0 Å². The van der Waals surface area contributed by atoms with Gasteiger partial charge in [0.15, 0.2) is 9.84 Å². The van der Waals surface area contributed by atoms with Gasteiger partial charge in [0, 0.05) is 36.8 Å². The van der Waals surface area contributed by atoms with Gasteiger partial charge in [0.25, 0.3) is 5.91 Å². The number of sulfone groups is 1. The maximum Gasteiger partial charge on any atom is 0.253 e. The number of hydrogen-bond donors (Lipinski definition) is 1. The molecular weight excluding hydrogens is 383 g/mol. The Morgan fingerprint density at radius 1 is 1.07 bits per heavy atom. The third-order valence-corrected chi connectivity index (χ3v) is 6.84. The lowest BCUT2D eigenvalue weighted by atomic mass is 10.1. The molecule has 1 aliphatic rings. The summed E-state index contributed by atoms with van der Waals surface area (Å²) in [7, 11) is -3.59. The molecule has 1 atom stereocenters. The van der Waals surface area contributed by atoms with Crippen LogP contribution < -0.4 is 5.32 Å². The minimum atomic E-state index is -3.59. The van der Waals surface area contributed by atoms with E-state index in [1.54, 1.807) is 30.3 Å². The number of amides is 2. The molecule has 3 rings (SSSR count). The second-order valence-corrected chi connectivity index (χ2v) is 9.02. The molecule has 2 amide bonds. The van der Waals surface area contributed by atoms with E-state index in [4.69, 9.17) is 0 Å². The molecule has 2 aromatic carbocycles. The van der Waals surface area contributed by atoms with E-state index in [1.165, 1.54) is 30.0 Å². The van der Waals surface area contributed by atoms with Crippen LogP contribution in [0.15, 0.2) is 48.5 Å². The number of anilines is 1. The maximum absolute atomic E-state index is 14.1. The first-order valence-corrected chi connectivity index (χ1v) is 10.6. The molecule has 0 aliphatic carbocycles. The number of nitrogens with one attached hydrogen (secondary N) is 1. The van der Waals surface area contributed by atoms with Crippen molar-refractivity contribution in [2.75, 3.05) is 24.2 Å². The highest BCUT2D eigenvalue weighted by atomic mass is 32.2. The third-order valence-electron chi connectivity index (χ3n) is 4.73. The molecule has 0 spiro atoms. The van der Waals surface area contributed by atoms with Gasteiger partial charge < -0.3 is 10.2 Å². The Balaban J connectivity index is 1.78. The van der Waals surface area contributed by atoms with Gasteiger partial charge in [-0.25, -0.2) is 12.8 Å². The van der Waals surface area contributed by atoms with Crippen LogP contribution in [0.1, 0.15) is 34.5 Å². The minimum absolute atomic E-state index is 0.0551. The molecule has 1 N–H and O–H groups in total. The molecule has 1 heterocycles. The maximum atomic E-state index is 14.1. The molecule has 2 aromatic rings. The molecule has 0 aromatic heterocycles. The fraction of sp³-hybridized carbons (Fsp3) is 0.300. The topological polar surface area (TPSA) is 83.6 Å². The van der Waals surface area contributed by atoms with Gasteiger partial charge in [-0.2, -0.15) is 0 Å². The molecule has 1 aliphatic heterocycles. The number of rotatable bonds is 3. The van der Waals surface area contributed by atoms with Crippen LogP contribution in [0.5, 0.6) is 0 Å². The fourth-order valence-corrected chi connectivity index (χ4v) is 5.12. The monoisotopic (exact) mass is 404 g/mol. The second-order valence-electron chi connectivity index (χ2n) is 6.72. The van der Waals surface area contributed by atoms with Crippen molar-refractivity contribution in [3.8, 4) is 0 Å². The van der Waals surface area contributed by atoms with Crippen molar-refractivity contribution in [3.05, 3.63) is 65.5 Å². The lowest BCUT2D eigenvalue weighted by Crippen LogP contribution is -2.33. The van der Waals surface area contributed by atoms with Crippen LogP contribution in [-0.4, -0.2) is 44.0 Å². The van der Waals surface area contributed by atoms with E-state index in [9.17, 15) is 22.4 Å². The van der Waals surface area contributed by atoms with Crippen LogP contribution in [-0.2, 0) is 14.6 Å². The van der Waals surface area contributed by atoms with Crippen molar-refractivity contribution < 1.29 is 22.4 Å². The van der Waals surface area contributed by atoms with Crippen LogP contribution in [0.25, 0.3) is 0 Å². The standard InChI is InChI=1S/C20H21FN2O4S/c1-14(24)22-16-8-6-15(7-9-16)20(25)23-11-10-19(28(26,27)13-12-23)17-4-2-3-5-18(17)21/h2-9,19H,10-13H2,1H3,(H,22,24). The SMILES string of the molecule is CC(=O)Nc1ccc(C(=O)N2CCC(c3ccccc3F)S(=O)(=O)CC2)cc1. The van der Waals surface area contributed by atoms with Crippen molar-refractivity contribution in [1.29, 1.82) is 0 Å². The lowest BCUT2D eigenvalue weighted by molar-refractivity contribution is -0.114. The van der Waals surface area contributed by atoms with Gasteiger partial charge in [0.05, 0.1) is 11.0 Å². The summed E-state index contributed by atoms with van der Waals surface area (Å²) in [5.74, 6) is -1.28. The summed E-state index contributed by atoms with van der Waals surface area (Å²) in [6, 6.07) is 12.3. The molecule has 1 saturated heterocycles. The summed E-state index contributed by atoms with van der Waals surface area (Å²) in [5.41, 5.74) is 1.12. The molecular formula is C20H21FN2O4S. The number of carbonyl (C=O) groups excluding carboxylic acids is 2. The minimum Gasteiger partial charge on any atom is -0.338 e. The number of hydrogen-bond acceptors (Lipinski definition) is 4. The fourth-order valence-electron chi connectivity index (χ4n) is 3.31. The zero-order chi connectivity index (χ0) is 20.3. The number of nitrogens with zero attached hydrogens (tertiary/aromatic N) is 1. The van der Waals surface area contributed by atoms with Gasteiger partial charge in [-0.3, -0.25) is 9.59 Å². The summed E-state index contributed by atoms with van der Waals surface area (Å²) in [5, 5.41) is 1.66. The first-order valence-electron chi connectivity index (χ1n) is 8.91. The Morgan fingerprint density at radius 3 is 2.39 bits per heavy atom. The average Bonchev–Trinajstić information content (AvgIpc) is 2.80. The van der Waals surface area contributed by atoms with E-state index >= 15 is 0 Å². The normalized spacial score (nSPS) is 18.9. The van der Waals surface area contributed by atoms with Gasteiger partial charge in [-0.15, -0.1) is 0 Å². The van der Waals surface area contributed by atoms with Crippen molar-refractivity contribution in [3.63, 3.8) is 0 Å². The van der Waals surface area contributed by atoms with Gasteiger partial charge >= 0.3 is 0 Å². The summed E-state index contributed by atoms with van der Waals surface area (Å²) in [4.78, 5) is 25.3. The molecule has 0 saturated carbocycles. The third kappa shape index (κ3) is 4.39. The van der Waals surface area contributed by atoms with Crippen LogP contribution in [0.4, 0.5) is 10.1 Å². The van der Waals surface area contributed by atoms with Crippen molar-refractivity contribution >= 4 is 27.3 Å². The largest absolute Gasteiger partial charge is 0.338 e. The number of halogens is 1. The van der Waals surface area contributed by atoms with Crippen molar-refractivity contribution in [1.82, 2.24) is 4.90 Å². The van der Waals surface area contributed by atoms with Crippen LogP contribution in [0.2, 0.25) is 0 Å². The first-order chi connectivity index (χ1) is 13.3. The predicted octanol–water partition coefficient (Wildman–Crippen LogP) is 2.79. The molecule has 0 bridgehead atoms. The Labute approximate surface area is 163 Å². The van der Waals surface area contributed by atoms with E-state index < -0.39 is 20.9 Å². The Kier molecular flexibility index (Phi) is 5.79. The van der Waals surface area contributed by atoms with E-state index in [2.05, 4.69) is 5.32 Å². The zero-order valence-corrected chi connectivity index (χ0v) is 16.2. The van der Waals surface area contributed by atoms with Gasteiger partial charge in [0.2, 0.25) is 5.91 Å². The second kappa shape index (κ2) is 8.10. The molecule has 148 valence electrons. The average molecular weight is 404 g/mol. The zero-order valence-electron chi connectivity index (χ0n) is 15.4. The van der Waals surface area contributed by atoms with Gasteiger partial charge in [0.1, 0.15) is 5.82 Å². The highest BCUT2D eigenvalue weighted by Crippen LogP contribution is 2.31. The smallest absolute Gasteiger partial charge is 0.253 e. The lowest BCUT2D eigenvalue weighted by Gasteiger charge is -2.20. The van der Waals surface area contributed by atoms with Gasteiger partial charge in [-0.05, 0) is 36.8 Å². The molecule has 28 heavy (non-hydrogen) atoms. The molecule has 8 heteroatoms. The Morgan fingerprint density at radius 2 is 1.75 bits per heavy atom. The van der Waals surface area contributed by atoms with Crippen LogP contribution in [0.3, 0.4) is 0 Å². The number of benzene rings is 2.